The van der Waals surface area contributed by atoms with Crippen LogP contribution < -0.4 is 10.6 Å². The van der Waals surface area contributed by atoms with Gasteiger partial charge in [0.05, 0.1) is 6.54 Å². The molecule has 1 aromatic carbocycles. The minimum Gasteiger partial charge on any atom is -0.325 e. The van der Waals surface area contributed by atoms with Crippen LogP contribution in [0.1, 0.15) is 24.8 Å². The lowest BCUT2D eigenvalue weighted by atomic mass is 10.1. The van der Waals surface area contributed by atoms with Crippen molar-refractivity contribution in [2.24, 2.45) is 0 Å². The summed E-state index contributed by atoms with van der Waals surface area (Å²) in [5.41, 5.74) is 2.00. The van der Waals surface area contributed by atoms with E-state index >= 15 is 0 Å². The lowest BCUT2D eigenvalue weighted by Gasteiger charge is -2.23. The first-order valence-corrected chi connectivity index (χ1v) is 8.44. The van der Waals surface area contributed by atoms with Crippen LogP contribution in [0.25, 0.3) is 0 Å². The van der Waals surface area contributed by atoms with E-state index in [0.717, 1.165) is 35.2 Å². The molecule has 3 rings (SSSR count). The average molecular weight is 352 g/mol. The number of nitrogens with zero attached hydrogens (tertiary/aromatic N) is 1. The molecule has 2 saturated heterocycles. The van der Waals surface area contributed by atoms with Crippen molar-refractivity contribution in [2.45, 2.75) is 38.3 Å². The first kappa shape index (κ1) is 15.0. The lowest BCUT2D eigenvalue weighted by Crippen LogP contribution is -2.39. The molecule has 1 aromatic rings. The van der Waals surface area contributed by atoms with Gasteiger partial charge in [-0.1, -0.05) is 15.9 Å². The predicted octanol–water partition coefficient (Wildman–Crippen LogP) is 2.52. The zero-order valence-electron chi connectivity index (χ0n) is 12.4. The van der Waals surface area contributed by atoms with E-state index in [-0.39, 0.29) is 5.91 Å². The predicted molar refractivity (Wildman–Crippen MR) is 88.5 cm³/mol. The summed E-state index contributed by atoms with van der Waals surface area (Å²) in [7, 11) is 0. The van der Waals surface area contributed by atoms with E-state index in [1.807, 2.05) is 25.1 Å². The number of rotatable bonds is 3. The van der Waals surface area contributed by atoms with E-state index in [1.54, 1.807) is 0 Å². The average Bonchev–Trinajstić information content (AvgIpc) is 2.77. The molecule has 21 heavy (non-hydrogen) atoms. The van der Waals surface area contributed by atoms with E-state index in [9.17, 15) is 4.79 Å². The fraction of sp³-hybridized carbons (Fsp3) is 0.562. The van der Waals surface area contributed by atoms with Crippen LogP contribution in [-0.4, -0.2) is 42.5 Å². The molecule has 5 heteroatoms. The van der Waals surface area contributed by atoms with Gasteiger partial charge in [0.15, 0.2) is 0 Å². The molecule has 0 aromatic heterocycles. The fourth-order valence-electron chi connectivity index (χ4n) is 3.29. The zero-order valence-corrected chi connectivity index (χ0v) is 13.9. The minimum absolute atomic E-state index is 0.0782. The van der Waals surface area contributed by atoms with Crippen molar-refractivity contribution in [3.8, 4) is 0 Å². The zero-order chi connectivity index (χ0) is 14.8. The second kappa shape index (κ2) is 6.46. The Bertz CT molecular complexity index is 534. The number of amides is 1. The van der Waals surface area contributed by atoms with Crippen LogP contribution in [0.5, 0.6) is 0 Å². The molecule has 2 heterocycles. The van der Waals surface area contributed by atoms with Gasteiger partial charge in [-0.25, -0.2) is 0 Å². The highest BCUT2D eigenvalue weighted by Gasteiger charge is 2.29. The number of hydrogen-bond donors (Lipinski definition) is 2. The molecule has 0 aliphatic carbocycles. The molecule has 0 saturated carbocycles. The third kappa shape index (κ3) is 3.84. The summed E-state index contributed by atoms with van der Waals surface area (Å²) in [4.78, 5) is 14.5. The van der Waals surface area contributed by atoms with Gasteiger partial charge in [0.1, 0.15) is 0 Å². The van der Waals surface area contributed by atoms with Crippen LogP contribution in [0.2, 0.25) is 0 Å². The van der Waals surface area contributed by atoms with E-state index < -0.39 is 0 Å². The van der Waals surface area contributed by atoms with Gasteiger partial charge in [-0.15, -0.1) is 0 Å². The SMILES string of the molecule is Cc1cc(NC(=O)CN2CCC3CCC(C2)N3)ccc1Br. The Kier molecular flexibility index (Phi) is 4.62. The number of carbonyl (C=O) groups excluding carboxylic acids is 1. The van der Waals surface area contributed by atoms with Gasteiger partial charge in [-0.2, -0.15) is 0 Å². The molecule has 2 bridgehead atoms. The molecular formula is C16H22BrN3O. The van der Waals surface area contributed by atoms with E-state index in [2.05, 4.69) is 31.5 Å². The number of halogens is 1. The van der Waals surface area contributed by atoms with Crippen molar-refractivity contribution in [1.29, 1.82) is 0 Å². The first-order valence-electron chi connectivity index (χ1n) is 7.64. The van der Waals surface area contributed by atoms with Crippen molar-refractivity contribution in [2.75, 3.05) is 25.0 Å². The smallest absolute Gasteiger partial charge is 0.238 e. The Hall–Kier alpha value is -0.910. The second-order valence-corrected chi connectivity index (χ2v) is 7.03. The van der Waals surface area contributed by atoms with Crippen molar-refractivity contribution >= 4 is 27.5 Å². The summed E-state index contributed by atoms with van der Waals surface area (Å²) in [5.74, 6) is 0.0782. The number of carbonyl (C=O) groups is 1. The number of aryl methyl sites for hydroxylation is 1. The molecule has 1 amide bonds. The van der Waals surface area contributed by atoms with Crippen molar-refractivity contribution in [3.63, 3.8) is 0 Å². The monoisotopic (exact) mass is 351 g/mol. The standard InChI is InChI=1S/C16H22BrN3O/c1-11-8-13(4-5-15(11)17)19-16(21)10-20-7-6-12-2-3-14(9-20)18-12/h4-5,8,12,14,18H,2-3,6-7,9-10H2,1H3,(H,19,21). The normalized spacial score (nSPS) is 25.6. The van der Waals surface area contributed by atoms with Gasteiger partial charge >= 0.3 is 0 Å². The summed E-state index contributed by atoms with van der Waals surface area (Å²) in [5, 5.41) is 6.64. The Morgan fingerprint density at radius 1 is 1.38 bits per heavy atom. The van der Waals surface area contributed by atoms with Crippen LogP contribution >= 0.6 is 15.9 Å². The largest absolute Gasteiger partial charge is 0.325 e. The molecule has 2 N–H and O–H groups in total. The molecule has 2 unspecified atom stereocenters. The molecule has 2 atom stereocenters. The summed E-state index contributed by atoms with van der Waals surface area (Å²) < 4.78 is 1.06. The summed E-state index contributed by atoms with van der Waals surface area (Å²) >= 11 is 3.47. The van der Waals surface area contributed by atoms with E-state index in [1.165, 1.54) is 12.8 Å². The third-order valence-electron chi connectivity index (χ3n) is 4.42. The van der Waals surface area contributed by atoms with Gasteiger partial charge < -0.3 is 10.6 Å². The number of hydrogen-bond acceptors (Lipinski definition) is 3. The molecule has 114 valence electrons. The number of anilines is 1. The fourth-order valence-corrected chi connectivity index (χ4v) is 3.53. The van der Waals surface area contributed by atoms with E-state index in [4.69, 9.17) is 0 Å². The first-order chi connectivity index (χ1) is 10.1. The van der Waals surface area contributed by atoms with Gasteiger partial charge in [-0.05, 0) is 49.9 Å². The third-order valence-corrected chi connectivity index (χ3v) is 5.31. The van der Waals surface area contributed by atoms with Gasteiger partial charge in [0.25, 0.3) is 0 Å². The summed E-state index contributed by atoms with van der Waals surface area (Å²) in [6.45, 7) is 4.52. The highest BCUT2D eigenvalue weighted by molar-refractivity contribution is 9.10. The Balaban J connectivity index is 1.55. The Labute approximate surface area is 134 Å². The summed E-state index contributed by atoms with van der Waals surface area (Å²) in [6, 6.07) is 7.13. The van der Waals surface area contributed by atoms with Crippen LogP contribution in [0.15, 0.2) is 22.7 Å². The minimum atomic E-state index is 0.0782. The lowest BCUT2D eigenvalue weighted by molar-refractivity contribution is -0.117. The number of fused-ring (bicyclic) bond motifs is 2. The van der Waals surface area contributed by atoms with Crippen LogP contribution in [0.4, 0.5) is 5.69 Å². The molecule has 2 aliphatic rings. The molecule has 0 spiro atoms. The topological polar surface area (TPSA) is 44.4 Å². The van der Waals surface area contributed by atoms with E-state index in [0.29, 0.717) is 18.6 Å². The maximum atomic E-state index is 12.2. The number of likely N-dealkylation sites (tertiary alicyclic amines) is 1. The number of nitrogens with one attached hydrogen (secondary N) is 2. The van der Waals surface area contributed by atoms with Crippen molar-refractivity contribution < 1.29 is 4.79 Å². The molecule has 4 nitrogen and oxygen atoms in total. The molecule has 2 fully saturated rings. The van der Waals surface area contributed by atoms with Gasteiger partial charge in [-0.3, -0.25) is 9.69 Å². The highest BCUT2D eigenvalue weighted by Crippen LogP contribution is 2.21. The molecule has 0 radical (unpaired) electrons. The van der Waals surface area contributed by atoms with Gasteiger partial charge in [0.2, 0.25) is 5.91 Å². The molecular weight excluding hydrogens is 330 g/mol. The quantitative estimate of drug-likeness (QED) is 0.879. The summed E-state index contributed by atoms with van der Waals surface area (Å²) in [6.07, 6.45) is 3.69. The maximum Gasteiger partial charge on any atom is 0.238 e. The Morgan fingerprint density at radius 2 is 2.19 bits per heavy atom. The van der Waals surface area contributed by atoms with Crippen LogP contribution in [0, 0.1) is 6.92 Å². The van der Waals surface area contributed by atoms with Crippen LogP contribution in [0.3, 0.4) is 0 Å². The van der Waals surface area contributed by atoms with Crippen LogP contribution in [-0.2, 0) is 4.79 Å². The highest BCUT2D eigenvalue weighted by atomic mass is 79.9. The maximum absolute atomic E-state index is 12.2. The van der Waals surface area contributed by atoms with Crippen molar-refractivity contribution in [3.05, 3.63) is 28.2 Å². The Morgan fingerprint density at radius 3 is 3.00 bits per heavy atom. The van der Waals surface area contributed by atoms with Crippen molar-refractivity contribution in [1.82, 2.24) is 10.2 Å². The second-order valence-electron chi connectivity index (χ2n) is 6.17. The van der Waals surface area contributed by atoms with Gasteiger partial charge in [0, 0.05) is 35.3 Å². The molecule has 2 aliphatic heterocycles. The number of benzene rings is 1.